The molecule has 114 valence electrons. The van der Waals surface area contributed by atoms with Crippen LogP contribution in [0.15, 0.2) is 24.3 Å². The summed E-state index contributed by atoms with van der Waals surface area (Å²) in [5.41, 5.74) is 0.386. The van der Waals surface area contributed by atoms with Crippen molar-refractivity contribution >= 4 is 5.91 Å². The van der Waals surface area contributed by atoms with E-state index in [0.29, 0.717) is 18.0 Å². The first-order valence-corrected chi connectivity index (χ1v) is 6.81. The van der Waals surface area contributed by atoms with Crippen LogP contribution in [0.1, 0.15) is 16.8 Å². The standard InChI is InChI=1S/C14H15F3N2O2/c15-14(16,17)21-11-3-1-9(2-4-11)13(20)19-6-5-10-7-18-8-12(10)19/h1-4,10,12,18H,5-8H2/t10-,12+/m0/s1. The van der Waals surface area contributed by atoms with Crippen LogP contribution in [0, 0.1) is 5.92 Å². The van der Waals surface area contributed by atoms with E-state index in [1.807, 2.05) is 4.90 Å². The SMILES string of the molecule is O=C(c1ccc(OC(F)(F)F)cc1)N1CC[C@H]2CNC[C@H]21. The fourth-order valence-electron chi connectivity index (χ4n) is 3.07. The molecule has 21 heavy (non-hydrogen) atoms. The summed E-state index contributed by atoms with van der Waals surface area (Å²) < 4.78 is 40.1. The number of hydrogen-bond acceptors (Lipinski definition) is 3. The van der Waals surface area contributed by atoms with E-state index in [1.54, 1.807) is 0 Å². The summed E-state index contributed by atoms with van der Waals surface area (Å²) >= 11 is 0. The third kappa shape index (κ3) is 2.97. The first kappa shape index (κ1) is 14.2. The fourth-order valence-corrected chi connectivity index (χ4v) is 3.07. The zero-order valence-electron chi connectivity index (χ0n) is 11.2. The van der Waals surface area contributed by atoms with E-state index < -0.39 is 6.36 Å². The molecular formula is C14H15F3N2O2. The van der Waals surface area contributed by atoms with Crippen LogP contribution in [0.3, 0.4) is 0 Å². The molecule has 2 aliphatic rings. The Hall–Kier alpha value is -1.76. The van der Waals surface area contributed by atoms with Gasteiger partial charge in [0, 0.05) is 31.2 Å². The van der Waals surface area contributed by atoms with Crippen LogP contribution in [0.5, 0.6) is 5.75 Å². The molecule has 2 saturated heterocycles. The highest BCUT2D eigenvalue weighted by molar-refractivity contribution is 5.94. The van der Waals surface area contributed by atoms with Crippen molar-refractivity contribution in [3.05, 3.63) is 29.8 Å². The molecule has 0 bridgehead atoms. The maximum absolute atomic E-state index is 12.4. The Labute approximate surface area is 119 Å². The lowest BCUT2D eigenvalue weighted by Gasteiger charge is -2.23. The molecule has 4 nitrogen and oxygen atoms in total. The summed E-state index contributed by atoms with van der Waals surface area (Å²) in [7, 11) is 0. The van der Waals surface area contributed by atoms with Gasteiger partial charge in [-0.15, -0.1) is 13.2 Å². The Morgan fingerprint density at radius 2 is 1.95 bits per heavy atom. The number of hydrogen-bond donors (Lipinski definition) is 1. The second-order valence-electron chi connectivity index (χ2n) is 5.35. The first-order valence-electron chi connectivity index (χ1n) is 6.81. The lowest BCUT2D eigenvalue weighted by molar-refractivity contribution is -0.274. The van der Waals surface area contributed by atoms with Gasteiger partial charge in [-0.25, -0.2) is 0 Å². The number of ether oxygens (including phenoxy) is 1. The van der Waals surface area contributed by atoms with Crippen molar-refractivity contribution in [3.8, 4) is 5.75 Å². The minimum absolute atomic E-state index is 0.134. The summed E-state index contributed by atoms with van der Waals surface area (Å²) in [6, 6.07) is 5.28. The van der Waals surface area contributed by atoms with Crippen molar-refractivity contribution in [1.29, 1.82) is 0 Å². The van der Waals surface area contributed by atoms with E-state index in [-0.39, 0.29) is 17.7 Å². The van der Waals surface area contributed by atoms with Crippen LogP contribution < -0.4 is 10.1 Å². The van der Waals surface area contributed by atoms with Crippen molar-refractivity contribution in [2.24, 2.45) is 5.92 Å². The van der Waals surface area contributed by atoms with Crippen molar-refractivity contribution in [2.45, 2.75) is 18.8 Å². The topological polar surface area (TPSA) is 41.6 Å². The maximum atomic E-state index is 12.4. The summed E-state index contributed by atoms with van der Waals surface area (Å²) in [4.78, 5) is 14.2. The van der Waals surface area contributed by atoms with E-state index in [0.717, 1.165) is 19.5 Å². The molecule has 0 aliphatic carbocycles. The minimum atomic E-state index is -4.72. The molecule has 3 rings (SSSR count). The van der Waals surface area contributed by atoms with Crippen molar-refractivity contribution < 1.29 is 22.7 Å². The summed E-state index contributed by atoms with van der Waals surface area (Å²) in [6.07, 6.45) is -3.75. The highest BCUT2D eigenvalue weighted by Crippen LogP contribution is 2.29. The molecule has 0 aromatic heterocycles. The predicted octanol–water partition coefficient (Wildman–Crippen LogP) is 2.02. The normalized spacial score (nSPS) is 25.0. The number of benzene rings is 1. The monoisotopic (exact) mass is 300 g/mol. The smallest absolute Gasteiger partial charge is 0.406 e. The van der Waals surface area contributed by atoms with Crippen molar-refractivity contribution in [1.82, 2.24) is 10.2 Å². The van der Waals surface area contributed by atoms with Gasteiger partial charge in [-0.1, -0.05) is 0 Å². The molecule has 1 amide bonds. The lowest BCUT2D eigenvalue weighted by Crippen LogP contribution is -2.39. The number of carbonyl (C=O) groups is 1. The first-order chi connectivity index (χ1) is 9.94. The van der Waals surface area contributed by atoms with Crippen molar-refractivity contribution in [2.75, 3.05) is 19.6 Å². The second kappa shape index (κ2) is 5.22. The highest BCUT2D eigenvalue weighted by Gasteiger charge is 2.40. The molecule has 0 spiro atoms. The number of halogens is 3. The number of nitrogens with one attached hydrogen (secondary N) is 1. The van der Waals surface area contributed by atoms with E-state index in [2.05, 4.69) is 10.1 Å². The summed E-state index contributed by atoms with van der Waals surface area (Å²) in [6.45, 7) is 2.41. The quantitative estimate of drug-likeness (QED) is 0.908. The van der Waals surface area contributed by atoms with Gasteiger partial charge in [0.15, 0.2) is 0 Å². The van der Waals surface area contributed by atoms with E-state index >= 15 is 0 Å². The van der Waals surface area contributed by atoms with Crippen LogP contribution in [0.2, 0.25) is 0 Å². The zero-order valence-corrected chi connectivity index (χ0v) is 11.2. The van der Waals surface area contributed by atoms with Crippen LogP contribution in [-0.2, 0) is 0 Å². The Kier molecular flexibility index (Phi) is 3.52. The van der Waals surface area contributed by atoms with E-state index in [4.69, 9.17) is 0 Å². The third-order valence-electron chi connectivity index (χ3n) is 4.04. The number of nitrogens with zero attached hydrogens (tertiary/aromatic N) is 1. The zero-order chi connectivity index (χ0) is 15.0. The van der Waals surface area contributed by atoms with Crippen molar-refractivity contribution in [3.63, 3.8) is 0 Å². The fraction of sp³-hybridized carbons (Fsp3) is 0.500. The average Bonchev–Trinajstić information content (AvgIpc) is 2.99. The third-order valence-corrected chi connectivity index (χ3v) is 4.04. The minimum Gasteiger partial charge on any atom is -0.406 e. The number of fused-ring (bicyclic) bond motifs is 1. The van der Waals surface area contributed by atoms with Crippen LogP contribution >= 0.6 is 0 Å². The number of rotatable bonds is 2. The summed E-state index contributed by atoms with van der Waals surface area (Å²) in [5, 5.41) is 3.26. The average molecular weight is 300 g/mol. The van der Waals surface area contributed by atoms with Gasteiger partial charge in [-0.3, -0.25) is 4.79 Å². The number of alkyl halides is 3. The molecule has 2 atom stereocenters. The molecular weight excluding hydrogens is 285 g/mol. The lowest BCUT2D eigenvalue weighted by atomic mass is 10.0. The Morgan fingerprint density at radius 3 is 2.62 bits per heavy atom. The second-order valence-corrected chi connectivity index (χ2v) is 5.35. The Bertz CT molecular complexity index is 530. The molecule has 0 saturated carbocycles. The molecule has 2 fully saturated rings. The molecule has 1 aromatic carbocycles. The van der Waals surface area contributed by atoms with Crippen LogP contribution in [0.25, 0.3) is 0 Å². The van der Waals surface area contributed by atoms with Gasteiger partial charge >= 0.3 is 6.36 Å². The Morgan fingerprint density at radius 1 is 1.24 bits per heavy atom. The number of likely N-dealkylation sites (tertiary alicyclic amines) is 1. The largest absolute Gasteiger partial charge is 0.573 e. The maximum Gasteiger partial charge on any atom is 0.573 e. The Balaban J connectivity index is 1.70. The molecule has 7 heteroatoms. The summed E-state index contributed by atoms with van der Waals surface area (Å²) in [5.74, 6) is 0.0347. The van der Waals surface area contributed by atoms with Gasteiger partial charge in [0.2, 0.25) is 0 Å². The van der Waals surface area contributed by atoms with Crippen LogP contribution in [-0.4, -0.2) is 42.8 Å². The molecule has 2 aliphatic heterocycles. The van der Waals surface area contributed by atoms with Crippen LogP contribution in [0.4, 0.5) is 13.2 Å². The van der Waals surface area contributed by atoms with Gasteiger partial charge in [0.05, 0.1) is 0 Å². The highest BCUT2D eigenvalue weighted by atomic mass is 19.4. The number of amides is 1. The molecule has 1 aromatic rings. The van der Waals surface area contributed by atoms with Gasteiger partial charge in [-0.2, -0.15) is 0 Å². The van der Waals surface area contributed by atoms with Gasteiger partial charge in [-0.05, 0) is 36.6 Å². The predicted molar refractivity (Wildman–Crippen MR) is 68.9 cm³/mol. The van der Waals surface area contributed by atoms with Gasteiger partial charge in [0.25, 0.3) is 5.91 Å². The molecule has 0 unspecified atom stereocenters. The van der Waals surface area contributed by atoms with Gasteiger partial charge in [0.1, 0.15) is 5.75 Å². The molecule has 0 radical (unpaired) electrons. The van der Waals surface area contributed by atoms with Gasteiger partial charge < -0.3 is 15.0 Å². The van der Waals surface area contributed by atoms with E-state index in [9.17, 15) is 18.0 Å². The molecule has 1 N–H and O–H groups in total. The number of carbonyl (C=O) groups excluding carboxylic acids is 1. The molecule has 2 heterocycles. The van der Waals surface area contributed by atoms with E-state index in [1.165, 1.54) is 24.3 Å².